The van der Waals surface area contributed by atoms with Crippen molar-refractivity contribution < 1.29 is 14.0 Å². The van der Waals surface area contributed by atoms with E-state index in [1.54, 1.807) is 7.05 Å². The second-order valence-electron chi connectivity index (χ2n) is 8.27. The number of thiazole rings is 1. The zero-order valence-corrected chi connectivity index (χ0v) is 20.5. The number of benzene rings is 1. The maximum absolute atomic E-state index is 12.9. The van der Waals surface area contributed by atoms with Crippen LogP contribution in [0.4, 0.5) is 0 Å². The first-order valence-electron chi connectivity index (χ1n) is 11.4. The molecule has 0 bridgehead atoms. The number of hydrogen-bond acceptors (Lipinski definition) is 7. The summed E-state index contributed by atoms with van der Waals surface area (Å²) in [6, 6.07) is 11.8. The fourth-order valence-corrected chi connectivity index (χ4v) is 6.11. The van der Waals surface area contributed by atoms with E-state index in [0.29, 0.717) is 11.4 Å². The largest absolute Gasteiger partial charge is 0.454 e. The number of amides is 2. The van der Waals surface area contributed by atoms with Crippen molar-refractivity contribution in [1.29, 1.82) is 0 Å². The predicted octanol–water partition coefficient (Wildman–Crippen LogP) is 4.62. The lowest BCUT2D eigenvalue weighted by molar-refractivity contribution is -0.124. The van der Waals surface area contributed by atoms with Crippen LogP contribution in [-0.4, -0.2) is 54.4 Å². The number of nitrogens with one attached hydrogen (secondary N) is 2. The van der Waals surface area contributed by atoms with Gasteiger partial charge in [-0.25, -0.2) is 4.98 Å². The highest BCUT2D eigenvalue weighted by Gasteiger charge is 2.29. The summed E-state index contributed by atoms with van der Waals surface area (Å²) in [5.41, 5.74) is 2.44. The van der Waals surface area contributed by atoms with E-state index < -0.39 is 0 Å². The average molecular weight is 495 g/mol. The molecule has 1 saturated heterocycles. The van der Waals surface area contributed by atoms with Crippen LogP contribution in [0.1, 0.15) is 28.9 Å². The van der Waals surface area contributed by atoms with Crippen molar-refractivity contribution in [2.45, 2.75) is 25.3 Å². The first kappa shape index (κ1) is 22.8. The molecule has 3 aromatic heterocycles. The van der Waals surface area contributed by atoms with E-state index in [2.05, 4.69) is 15.5 Å². The van der Waals surface area contributed by atoms with Gasteiger partial charge >= 0.3 is 0 Å². The van der Waals surface area contributed by atoms with Crippen LogP contribution < -0.4 is 10.6 Å². The van der Waals surface area contributed by atoms with E-state index in [1.165, 1.54) is 22.7 Å². The maximum atomic E-state index is 12.9. The van der Waals surface area contributed by atoms with Crippen LogP contribution in [0.3, 0.4) is 0 Å². The van der Waals surface area contributed by atoms with Gasteiger partial charge in [0, 0.05) is 36.5 Å². The highest BCUT2D eigenvalue weighted by Crippen LogP contribution is 2.35. The molecule has 4 aromatic rings. The van der Waals surface area contributed by atoms with Crippen LogP contribution in [0.5, 0.6) is 0 Å². The monoisotopic (exact) mass is 494 g/mol. The quantitative estimate of drug-likeness (QED) is 0.349. The fourth-order valence-electron chi connectivity index (χ4n) is 4.39. The van der Waals surface area contributed by atoms with Gasteiger partial charge in [-0.15, -0.1) is 22.7 Å². The summed E-state index contributed by atoms with van der Waals surface area (Å²) in [5, 5.41) is 11.5. The molecule has 5 rings (SSSR count). The summed E-state index contributed by atoms with van der Waals surface area (Å²) >= 11 is 2.92. The second kappa shape index (κ2) is 10.1. The number of carbonyl (C=O) groups is 2. The van der Waals surface area contributed by atoms with Crippen molar-refractivity contribution in [3.63, 3.8) is 0 Å². The van der Waals surface area contributed by atoms with Gasteiger partial charge < -0.3 is 15.1 Å². The van der Waals surface area contributed by atoms with Crippen molar-refractivity contribution in [3.8, 4) is 22.0 Å². The van der Waals surface area contributed by atoms with Gasteiger partial charge in [0.15, 0.2) is 5.76 Å². The van der Waals surface area contributed by atoms with Crippen molar-refractivity contribution >= 4 is 45.5 Å². The molecule has 1 aliphatic rings. The summed E-state index contributed by atoms with van der Waals surface area (Å²) in [7, 11) is 1.68. The van der Waals surface area contributed by atoms with E-state index in [0.717, 1.165) is 65.3 Å². The Morgan fingerprint density at radius 2 is 2.12 bits per heavy atom. The summed E-state index contributed by atoms with van der Waals surface area (Å²) < 4.78 is 5.94. The highest BCUT2D eigenvalue weighted by molar-refractivity contribution is 7.15. The molecule has 2 N–H and O–H groups in total. The van der Waals surface area contributed by atoms with Crippen molar-refractivity contribution in [3.05, 3.63) is 52.0 Å². The van der Waals surface area contributed by atoms with Crippen LogP contribution in [0.2, 0.25) is 0 Å². The van der Waals surface area contributed by atoms with Crippen LogP contribution in [0, 0.1) is 0 Å². The Morgan fingerprint density at radius 1 is 1.24 bits per heavy atom. The summed E-state index contributed by atoms with van der Waals surface area (Å²) in [5.74, 6) is 0.715. The predicted molar refractivity (Wildman–Crippen MR) is 136 cm³/mol. The minimum Gasteiger partial charge on any atom is -0.454 e. The molecule has 0 spiro atoms. The number of likely N-dealkylation sites (tertiary alicyclic amines) is 1. The van der Waals surface area contributed by atoms with Gasteiger partial charge in [0.2, 0.25) is 5.91 Å². The molecule has 1 atom stereocenters. The minimum atomic E-state index is -0.0882. The number of rotatable bonds is 8. The lowest BCUT2D eigenvalue weighted by atomic mass is 10.2. The molecule has 0 saturated carbocycles. The molecule has 34 heavy (non-hydrogen) atoms. The van der Waals surface area contributed by atoms with Crippen LogP contribution in [-0.2, 0) is 4.79 Å². The van der Waals surface area contributed by atoms with Gasteiger partial charge in [0.25, 0.3) is 5.91 Å². The lowest BCUT2D eigenvalue weighted by Crippen LogP contribution is -2.42. The van der Waals surface area contributed by atoms with Crippen molar-refractivity contribution in [2.24, 2.45) is 0 Å². The second-order valence-corrected chi connectivity index (χ2v) is 10.0. The van der Waals surface area contributed by atoms with Gasteiger partial charge in [-0.05, 0) is 49.4 Å². The van der Waals surface area contributed by atoms with E-state index in [9.17, 15) is 9.59 Å². The smallest absolute Gasteiger partial charge is 0.262 e. The molecular formula is C25H26N4O3S2. The number of thiophene rings is 1. The van der Waals surface area contributed by atoms with E-state index in [-0.39, 0.29) is 17.9 Å². The number of aromatic nitrogens is 1. The number of para-hydroxylation sites is 1. The molecule has 0 radical (unpaired) electrons. The molecule has 1 aromatic carbocycles. The molecule has 0 aliphatic carbocycles. The third-order valence-electron chi connectivity index (χ3n) is 6.10. The van der Waals surface area contributed by atoms with Crippen LogP contribution in [0.15, 0.2) is 51.6 Å². The molecule has 1 aliphatic heterocycles. The number of furan rings is 1. The van der Waals surface area contributed by atoms with E-state index in [1.807, 2.05) is 47.2 Å². The molecule has 7 nitrogen and oxygen atoms in total. The Hall–Kier alpha value is -3.01. The minimum absolute atomic E-state index is 0.0459. The van der Waals surface area contributed by atoms with Gasteiger partial charge in [-0.3, -0.25) is 14.5 Å². The Bertz CT molecular complexity index is 1280. The van der Waals surface area contributed by atoms with Crippen molar-refractivity contribution in [1.82, 2.24) is 20.5 Å². The Morgan fingerprint density at radius 3 is 2.97 bits per heavy atom. The summed E-state index contributed by atoms with van der Waals surface area (Å²) in [6.45, 7) is 2.29. The fraction of sp³-hybridized carbons (Fsp3) is 0.320. The van der Waals surface area contributed by atoms with Gasteiger partial charge in [0.05, 0.1) is 6.04 Å². The topological polar surface area (TPSA) is 87.5 Å². The third kappa shape index (κ3) is 4.64. The third-order valence-corrected chi connectivity index (χ3v) is 7.89. The molecule has 1 fully saturated rings. The molecular weight excluding hydrogens is 468 g/mol. The molecule has 2 amide bonds. The Balaban J connectivity index is 1.20. The first-order valence-corrected chi connectivity index (χ1v) is 13.2. The summed E-state index contributed by atoms with van der Waals surface area (Å²) in [6.07, 6.45) is 2.73. The standard InChI is InChI=1S/C25H26N4O3S2/c1-26-23(30)19-7-4-11-29(19)12-5-10-27-24(31)22-17(9-13-33-22)25-28-18(15-34-25)21-14-16-6-2-3-8-20(16)32-21/h2-3,6,8-9,13-15,19H,4-5,7,10-12H2,1H3,(H,26,30)(H,27,31). The number of hydrogen-bond donors (Lipinski definition) is 2. The van der Waals surface area contributed by atoms with Gasteiger partial charge in [-0.1, -0.05) is 18.2 Å². The number of nitrogens with zero attached hydrogens (tertiary/aromatic N) is 2. The van der Waals surface area contributed by atoms with Crippen LogP contribution in [0.25, 0.3) is 33.0 Å². The van der Waals surface area contributed by atoms with Crippen molar-refractivity contribution in [2.75, 3.05) is 26.7 Å². The Kier molecular flexibility index (Phi) is 6.75. The SMILES string of the molecule is CNC(=O)C1CCCN1CCCNC(=O)c1sccc1-c1nc(-c2cc3ccccc3o2)cs1. The lowest BCUT2D eigenvalue weighted by Gasteiger charge is -2.22. The summed E-state index contributed by atoms with van der Waals surface area (Å²) in [4.78, 5) is 32.5. The molecule has 4 heterocycles. The molecule has 1 unspecified atom stereocenters. The highest BCUT2D eigenvalue weighted by atomic mass is 32.1. The van der Waals surface area contributed by atoms with Gasteiger partial charge in [-0.2, -0.15) is 0 Å². The number of fused-ring (bicyclic) bond motifs is 1. The number of likely N-dealkylation sites (N-methyl/N-ethyl adjacent to an activating group) is 1. The number of carbonyl (C=O) groups excluding carboxylic acids is 2. The van der Waals surface area contributed by atoms with Gasteiger partial charge in [0.1, 0.15) is 21.2 Å². The normalized spacial score (nSPS) is 16.2. The zero-order valence-electron chi connectivity index (χ0n) is 18.9. The molecule has 176 valence electrons. The van der Waals surface area contributed by atoms with Crippen LogP contribution >= 0.6 is 22.7 Å². The Labute approximate surface area is 205 Å². The van der Waals surface area contributed by atoms with E-state index >= 15 is 0 Å². The molecule has 9 heteroatoms. The first-order chi connectivity index (χ1) is 16.6. The van der Waals surface area contributed by atoms with E-state index in [4.69, 9.17) is 9.40 Å². The maximum Gasteiger partial charge on any atom is 0.262 e. The zero-order chi connectivity index (χ0) is 23.5. The average Bonchev–Trinajstić information content (AvgIpc) is 3.65.